The Balaban J connectivity index is 1.70. The SMILES string of the molecule is N#CC1CN1C(=O)NC(=O)Cc1cccc2ccccc12. The van der Waals surface area contributed by atoms with Gasteiger partial charge in [-0.05, 0) is 16.3 Å². The van der Waals surface area contributed by atoms with Crippen molar-refractivity contribution in [2.75, 3.05) is 6.54 Å². The molecule has 3 amide bonds. The minimum atomic E-state index is -0.494. The smallest absolute Gasteiger partial charge is 0.303 e. The monoisotopic (exact) mass is 279 g/mol. The molecule has 5 nitrogen and oxygen atoms in total. The predicted octanol–water partition coefficient (Wildman–Crippen LogP) is 1.83. The summed E-state index contributed by atoms with van der Waals surface area (Å²) in [4.78, 5) is 25.0. The molecule has 1 N–H and O–H groups in total. The van der Waals surface area contributed by atoms with E-state index in [0.29, 0.717) is 6.54 Å². The number of hydrogen-bond acceptors (Lipinski definition) is 3. The molecule has 0 aromatic heterocycles. The summed E-state index contributed by atoms with van der Waals surface area (Å²) in [7, 11) is 0. The summed E-state index contributed by atoms with van der Waals surface area (Å²) in [6, 6.07) is 14.6. The van der Waals surface area contributed by atoms with Crippen molar-refractivity contribution in [1.29, 1.82) is 5.26 Å². The van der Waals surface area contributed by atoms with Gasteiger partial charge in [0, 0.05) is 0 Å². The summed E-state index contributed by atoms with van der Waals surface area (Å²) < 4.78 is 0. The van der Waals surface area contributed by atoms with Crippen LogP contribution in [0.1, 0.15) is 5.56 Å². The Labute approximate surface area is 121 Å². The van der Waals surface area contributed by atoms with Crippen molar-refractivity contribution in [2.45, 2.75) is 12.5 Å². The van der Waals surface area contributed by atoms with E-state index in [0.717, 1.165) is 16.3 Å². The molecule has 0 radical (unpaired) electrons. The first-order chi connectivity index (χ1) is 10.2. The maximum absolute atomic E-state index is 12.0. The maximum Gasteiger partial charge on any atom is 0.325 e. The molecule has 2 aromatic rings. The highest BCUT2D eigenvalue weighted by atomic mass is 16.2. The molecule has 1 aliphatic heterocycles. The zero-order valence-electron chi connectivity index (χ0n) is 11.2. The van der Waals surface area contributed by atoms with E-state index in [4.69, 9.17) is 5.26 Å². The van der Waals surface area contributed by atoms with Gasteiger partial charge in [-0.3, -0.25) is 10.1 Å². The lowest BCUT2D eigenvalue weighted by atomic mass is 10.0. The molecular weight excluding hydrogens is 266 g/mol. The number of rotatable bonds is 2. The van der Waals surface area contributed by atoms with Gasteiger partial charge in [-0.15, -0.1) is 0 Å². The van der Waals surface area contributed by atoms with E-state index in [-0.39, 0.29) is 12.3 Å². The molecule has 3 rings (SSSR count). The lowest BCUT2D eigenvalue weighted by molar-refractivity contribution is -0.119. The van der Waals surface area contributed by atoms with Crippen molar-refractivity contribution >= 4 is 22.7 Å². The van der Waals surface area contributed by atoms with Gasteiger partial charge in [-0.1, -0.05) is 42.5 Å². The summed E-state index contributed by atoms with van der Waals surface area (Å²) in [5, 5.41) is 13.0. The Morgan fingerprint density at radius 3 is 2.76 bits per heavy atom. The Bertz CT molecular complexity index is 758. The lowest BCUT2D eigenvalue weighted by Crippen LogP contribution is -2.35. The van der Waals surface area contributed by atoms with Crippen molar-refractivity contribution in [3.05, 3.63) is 48.0 Å². The number of nitrogens with one attached hydrogen (secondary N) is 1. The molecule has 2 aromatic carbocycles. The molecule has 1 unspecified atom stereocenters. The Morgan fingerprint density at radius 1 is 1.24 bits per heavy atom. The average molecular weight is 279 g/mol. The van der Waals surface area contributed by atoms with Crippen LogP contribution in [0.3, 0.4) is 0 Å². The van der Waals surface area contributed by atoms with Gasteiger partial charge in [0.1, 0.15) is 6.04 Å². The van der Waals surface area contributed by atoms with E-state index < -0.39 is 12.1 Å². The average Bonchev–Trinajstić information content (AvgIpc) is 3.27. The van der Waals surface area contributed by atoms with E-state index in [1.165, 1.54) is 4.90 Å². The Hall–Kier alpha value is -2.87. The number of carbonyl (C=O) groups is 2. The third kappa shape index (κ3) is 2.70. The van der Waals surface area contributed by atoms with Crippen LogP contribution in [0.25, 0.3) is 10.8 Å². The number of nitrogens with zero attached hydrogens (tertiary/aromatic N) is 2. The quantitative estimate of drug-likeness (QED) is 0.852. The largest absolute Gasteiger partial charge is 0.325 e. The van der Waals surface area contributed by atoms with E-state index in [1.807, 2.05) is 48.5 Å². The van der Waals surface area contributed by atoms with E-state index >= 15 is 0 Å². The molecule has 104 valence electrons. The van der Waals surface area contributed by atoms with Crippen molar-refractivity contribution in [2.24, 2.45) is 0 Å². The van der Waals surface area contributed by atoms with Crippen molar-refractivity contribution in [3.8, 4) is 6.07 Å². The summed E-state index contributed by atoms with van der Waals surface area (Å²) in [6.07, 6.45) is 0.137. The van der Waals surface area contributed by atoms with Crippen LogP contribution >= 0.6 is 0 Å². The zero-order valence-corrected chi connectivity index (χ0v) is 11.2. The molecule has 1 atom stereocenters. The van der Waals surface area contributed by atoms with Gasteiger partial charge in [0.15, 0.2) is 0 Å². The maximum atomic E-state index is 12.0. The van der Waals surface area contributed by atoms with E-state index in [1.54, 1.807) is 0 Å². The van der Waals surface area contributed by atoms with E-state index in [9.17, 15) is 9.59 Å². The summed E-state index contributed by atoms with van der Waals surface area (Å²) in [5.74, 6) is -0.361. The van der Waals surface area contributed by atoms with Gasteiger partial charge in [-0.2, -0.15) is 5.26 Å². The second-order valence-corrected chi connectivity index (χ2v) is 4.97. The fraction of sp³-hybridized carbons (Fsp3) is 0.188. The second-order valence-electron chi connectivity index (χ2n) is 4.97. The van der Waals surface area contributed by atoms with Gasteiger partial charge < -0.3 is 4.90 Å². The van der Waals surface area contributed by atoms with Crippen molar-refractivity contribution < 1.29 is 9.59 Å². The third-order valence-corrected chi connectivity index (χ3v) is 3.50. The van der Waals surface area contributed by atoms with Crippen molar-refractivity contribution in [3.63, 3.8) is 0 Å². The Kier molecular flexibility index (Phi) is 3.28. The predicted molar refractivity (Wildman–Crippen MR) is 77.3 cm³/mol. The van der Waals surface area contributed by atoms with Crippen LogP contribution in [0.4, 0.5) is 4.79 Å². The number of carbonyl (C=O) groups excluding carboxylic acids is 2. The third-order valence-electron chi connectivity index (χ3n) is 3.50. The highest BCUT2D eigenvalue weighted by Gasteiger charge is 2.39. The Morgan fingerprint density at radius 2 is 2.00 bits per heavy atom. The van der Waals surface area contributed by atoms with Crippen LogP contribution in [0, 0.1) is 11.3 Å². The van der Waals surface area contributed by atoms with Gasteiger partial charge in [0.05, 0.1) is 19.0 Å². The molecule has 1 saturated heterocycles. The molecule has 21 heavy (non-hydrogen) atoms. The van der Waals surface area contributed by atoms with E-state index in [2.05, 4.69) is 5.32 Å². The fourth-order valence-electron chi connectivity index (χ4n) is 2.33. The highest BCUT2D eigenvalue weighted by molar-refractivity contribution is 5.98. The number of amides is 3. The van der Waals surface area contributed by atoms with Crippen LogP contribution in [0.15, 0.2) is 42.5 Å². The minimum absolute atomic E-state index is 0.137. The van der Waals surface area contributed by atoms with Crippen molar-refractivity contribution in [1.82, 2.24) is 10.2 Å². The van der Waals surface area contributed by atoms with Crippen LogP contribution in [-0.2, 0) is 11.2 Å². The molecule has 0 spiro atoms. The molecule has 0 aliphatic carbocycles. The minimum Gasteiger partial charge on any atom is -0.303 e. The highest BCUT2D eigenvalue weighted by Crippen LogP contribution is 2.19. The normalized spacial score (nSPS) is 16.3. The summed E-state index contributed by atoms with van der Waals surface area (Å²) in [5.41, 5.74) is 0.876. The molecular formula is C16H13N3O2. The number of benzene rings is 2. The lowest BCUT2D eigenvalue weighted by Gasteiger charge is -2.07. The molecule has 5 heteroatoms. The van der Waals surface area contributed by atoms with Crippen LogP contribution in [-0.4, -0.2) is 29.4 Å². The molecule has 1 aliphatic rings. The number of hydrogen-bond donors (Lipinski definition) is 1. The number of nitriles is 1. The van der Waals surface area contributed by atoms with Gasteiger partial charge in [0.25, 0.3) is 0 Å². The van der Waals surface area contributed by atoms with Gasteiger partial charge in [-0.25, -0.2) is 4.79 Å². The number of fused-ring (bicyclic) bond motifs is 1. The summed E-state index contributed by atoms with van der Waals surface area (Å²) >= 11 is 0. The van der Waals surface area contributed by atoms with Gasteiger partial charge in [0.2, 0.25) is 5.91 Å². The molecule has 0 saturated carbocycles. The molecule has 1 heterocycles. The standard InChI is InChI=1S/C16H13N3O2/c17-9-13-10-19(13)16(21)18-15(20)8-12-6-3-5-11-4-1-2-7-14(11)12/h1-7,13H,8,10H2,(H,18,20,21). The van der Waals surface area contributed by atoms with Crippen LogP contribution in [0.5, 0.6) is 0 Å². The fourth-order valence-corrected chi connectivity index (χ4v) is 2.33. The number of imide groups is 1. The molecule has 1 fully saturated rings. The zero-order chi connectivity index (χ0) is 14.8. The first kappa shape index (κ1) is 13.1. The van der Waals surface area contributed by atoms with Gasteiger partial charge >= 0.3 is 6.03 Å². The molecule has 0 bridgehead atoms. The van der Waals surface area contributed by atoms with Crippen LogP contribution < -0.4 is 5.32 Å². The summed E-state index contributed by atoms with van der Waals surface area (Å²) in [6.45, 7) is 0.393. The number of urea groups is 1. The first-order valence-electron chi connectivity index (χ1n) is 6.66. The van der Waals surface area contributed by atoms with Crippen LogP contribution in [0.2, 0.25) is 0 Å². The topological polar surface area (TPSA) is 73.0 Å². The second kappa shape index (κ2) is 5.25. The first-order valence-corrected chi connectivity index (χ1v) is 6.66.